The summed E-state index contributed by atoms with van der Waals surface area (Å²) < 4.78 is 5.43. The van der Waals surface area contributed by atoms with Crippen molar-refractivity contribution in [2.45, 2.75) is 12.6 Å². The van der Waals surface area contributed by atoms with Crippen molar-refractivity contribution in [2.24, 2.45) is 10.2 Å². The number of aldehydes is 1. The summed E-state index contributed by atoms with van der Waals surface area (Å²) in [6, 6.07) is 9.17. The van der Waals surface area contributed by atoms with Gasteiger partial charge in [-0.25, -0.2) is 0 Å². The third-order valence-corrected chi connectivity index (χ3v) is 2.04. The van der Waals surface area contributed by atoms with E-state index in [1.807, 2.05) is 30.3 Å². The Morgan fingerprint density at radius 3 is 2.87 bits per heavy atom. The van der Waals surface area contributed by atoms with Crippen molar-refractivity contribution < 1.29 is 9.53 Å². The summed E-state index contributed by atoms with van der Waals surface area (Å²) in [5.74, 6) is 0.508. The van der Waals surface area contributed by atoms with Gasteiger partial charge in [-0.3, -0.25) is 0 Å². The van der Waals surface area contributed by atoms with Gasteiger partial charge in [-0.05, 0) is 5.56 Å². The van der Waals surface area contributed by atoms with Crippen molar-refractivity contribution in [1.82, 2.24) is 0 Å². The number of azo groups is 1. The smallest absolute Gasteiger partial charge is 0.185 e. The van der Waals surface area contributed by atoms with E-state index in [1.165, 1.54) is 6.20 Å². The van der Waals surface area contributed by atoms with Gasteiger partial charge in [0.1, 0.15) is 6.61 Å². The third-order valence-electron chi connectivity index (χ3n) is 2.04. The van der Waals surface area contributed by atoms with E-state index in [-0.39, 0.29) is 0 Å². The Balaban J connectivity index is 1.92. The maximum absolute atomic E-state index is 10.6. The normalized spacial score (nSPS) is 18.7. The number of hydrogen-bond donors (Lipinski definition) is 0. The molecule has 76 valence electrons. The molecule has 0 spiro atoms. The Kier molecular flexibility index (Phi) is 2.88. The highest BCUT2D eigenvalue weighted by Crippen LogP contribution is 2.16. The molecule has 1 aliphatic rings. The first kappa shape index (κ1) is 9.58. The molecule has 1 aromatic rings. The van der Waals surface area contributed by atoms with Gasteiger partial charge in [0.25, 0.3) is 0 Å². The van der Waals surface area contributed by atoms with Gasteiger partial charge in [-0.1, -0.05) is 30.3 Å². The van der Waals surface area contributed by atoms with E-state index in [0.29, 0.717) is 18.7 Å². The number of carbonyl (C=O) groups is 1. The average Bonchev–Trinajstić information content (AvgIpc) is 2.75. The zero-order chi connectivity index (χ0) is 10.5. The standard InChI is InChI=1S/C11H10N2O2/c14-7-10-11(6-12-13-10)15-8-9-4-2-1-3-5-9/h1-7,10H,8H2. The van der Waals surface area contributed by atoms with Gasteiger partial charge < -0.3 is 9.53 Å². The van der Waals surface area contributed by atoms with Crippen molar-refractivity contribution in [3.63, 3.8) is 0 Å². The van der Waals surface area contributed by atoms with Gasteiger partial charge in [-0.2, -0.15) is 10.2 Å². The van der Waals surface area contributed by atoms with Crippen LogP contribution in [0.1, 0.15) is 5.56 Å². The predicted octanol–water partition coefficient (Wildman–Crippen LogP) is 2.08. The monoisotopic (exact) mass is 202 g/mol. The number of carbonyl (C=O) groups excluding carboxylic acids is 1. The number of nitrogens with zero attached hydrogens (tertiary/aromatic N) is 2. The van der Waals surface area contributed by atoms with Crippen LogP contribution in [0.4, 0.5) is 0 Å². The number of benzene rings is 1. The van der Waals surface area contributed by atoms with E-state index >= 15 is 0 Å². The molecule has 1 aromatic carbocycles. The fraction of sp³-hybridized carbons (Fsp3) is 0.182. The molecule has 1 aliphatic heterocycles. The first-order valence-electron chi connectivity index (χ1n) is 4.62. The molecule has 1 atom stereocenters. The van der Waals surface area contributed by atoms with Crippen LogP contribution in [0.15, 0.2) is 52.5 Å². The zero-order valence-electron chi connectivity index (χ0n) is 8.04. The van der Waals surface area contributed by atoms with E-state index < -0.39 is 6.04 Å². The molecule has 0 amide bonds. The Morgan fingerprint density at radius 1 is 1.33 bits per heavy atom. The quantitative estimate of drug-likeness (QED) is 0.702. The Labute approximate surface area is 87.3 Å². The van der Waals surface area contributed by atoms with Crippen LogP contribution < -0.4 is 0 Å². The molecular formula is C11H10N2O2. The minimum Gasteiger partial charge on any atom is -0.489 e. The highest BCUT2D eigenvalue weighted by atomic mass is 16.5. The van der Waals surface area contributed by atoms with Crippen molar-refractivity contribution in [1.29, 1.82) is 0 Å². The van der Waals surface area contributed by atoms with E-state index in [9.17, 15) is 4.79 Å². The minimum atomic E-state index is -0.561. The average molecular weight is 202 g/mol. The van der Waals surface area contributed by atoms with Crippen LogP contribution in [-0.2, 0) is 16.1 Å². The van der Waals surface area contributed by atoms with Crippen LogP contribution >= 0.6 is 0 Å². The highest BCUT2D eigenvalue weighted by Gasteiger charge is 2.18. The number of rotatable bonds is 4. The van der Waals surface area contributed by atoms with E-state index in [0.717, 1.165) is 5.56 Å². The Morgan fingerprint density at radius 2 is 2.13 bits per heavy atom. The number of ether oxygens (including phenoxy) is 1. The van der Waals surface area contributed by atoms with E-state index in [1.54, 1.807) is 0 Å². The topological polar surface area (TPSA) is 51.0 Å². The van der Waals surface area contributed by atoms with Gasteiger partial charge in [0, 0.05) is 0 Å². The van der Waals surface area contributed by atoms with Crippen molar-refractivity contribution in [3.8, 4) is 0 Å². The molecule has 1 heterocycles. The lowest BCUT2D eigenvalue weighted by molar-refractivity contribution is -0.108. The van der Waals surface area contributed by atoms with Gasteiger partial charge >= 0.3 is 0 Å². The van der Waals surface area contributed by atoms with Crippen LogP contribution in [-0.4, -0.2) is 12.3 Å². The second-order valence-electron chi connectivity index (χ2n) is 3.12. The minimum absolute atomic E-state index is 0.433. The van der Waals surface area contributed by atoms with Crippen LogP contribution in [0.5, 0.6) is 0 Å². The molecule has 2 rings (SSSR count). The molecule has 0 saturated heterocycles. The summed E-state index contributed by atoms with van der Waals surface area (Å²) in [6.07, 6.45) is 2.19. The maximum Gasteiger partial charge on any atom is 0.185 e. The van der Waals surface area contributed by atoms with E-state index in [4.69, 9.17) is 4.74 Å². The maximum atomic E-state index is 10.6. The first-order chi connectivity index (χ1) is 7.40. The molecule has 0 N–H and O–H groups in total. The van der Waals surface area contributed by atoms with Crippen molar-refractivity contribution in [3.05, 3.63) is 47.9 Å². The van der Waals surface area contributed by atoms with Crippen LogP contribution in [0, 0.1) is 0 Å². The fourth-order valence-corrected chi connectivity index (χ4v) is 1.25. The predicted molar refractivity (Wildman–Crippen MR) is 54.0 cm³/mol. The lowest BCUT2D eigenvalue weighted by Gasteiger charge is -2.08. The molecule has 4 heteroatoms. The molecule has 0 bridgehead atoms. The van der Waals surface area contributed by atoms with Gasteiger partial charge in [-0.15, -0.1) is 0 Å². The summed E-state index contributed by atoms with van der Waals surface area (Å²) in [6.45, 7) is 0.433. The molecule has 15 heavy (non-hydrogen) atoms. The first-order valence-corrected chi connectivity index (χ1v) is 4.62. The third kappa shape index (κ3) is 2.28. The van der Waals surface area contributed by atoms with Crippen molar-refractivity contribution >= 4 is 6.29 Å². The summed E-state index contributed by atoms with van der Waals surface area (Å²) in [5, 5.41) is 7.32. The van der Waals surface area contributed by atoms with Crippen LogP contribution in [0.25, 0.3) is 0 Å². The molecule has 1 unspecified atom stereocenters. The van der Waals surface area contributed by atoms with Crippen LogP contribution in [0.2, 0.25) is 0 Å². The lowest BCUT2D eigenvalue weighted by Crippen LogP contribution is -2.09. The van der Waals surface area contributed by atoms with Crippen molar-refractivity contribution in [2.75, 3.05) is 0 Å². The molecule has 0 saturated carbocycles. The fourth-order valence-electron chi connectivity index (χ4n) is 1.25. The molecule has 0 aromatic heterocycles. The highest BCUT2D eigenvalue weighted by molar-refractivity contribution is 5.63. The largest absolute Gasteiger partial charge is 0.489 e. The molecule has 0 fully saturated rings. The zero-order valence-corrected chi connectivity index (χ0v) is 8.04. The van der Waals surface area contributed by atoms with Gasteiger partial charge in [0.2, 0.25) is 0 Å². The van der Waals surface area contributed by atoms with Crippen LogP contribution in [0.3, 0.4) is 0 Å². The molecule has 4 nitrogen and oxygen atoms in total. The summed E-state index contributed by atoms with van der Waals surface area (Å²) in [5.41, 5.74) is 1.05. The second kappa shape index (κ2) is 4.50. The SMILES string of the molecule is O=CC1N=NC=C1OCc1ccccc1. The summed E-state index contributed by atoms with van der Waals surface area (Å²) in [7, 11) is 0. The number of hydrogen-bond acceptors (Lipinski definition) is 4. The Hall–Kier alpha value is -1.97. The molecule has 0 radical (unpaired) electrons. The lowest BCUT2D eigenvalue weighted by atomic mass is 10.2. The molecule has 0 aliphatic carbocycles. The van der Waals surface area contributed by atoms with E-state index in [2.05, 4.69) is 10.2 Å². The second-order valence-corrected chi connectivity index (χ2v) is 3.12. The molecular weight excluding hydrogens is 192 g/mol. The van der Waals surface area contributed by atoms with Gasteiger partial charge in [0.15, 0.2) is 18.1 Å². The summed E-state index contributed by atoms with van der Waals surface area (Å²) in [4.78, 5) is 10.6. The Bertz CT molecular complexity index is 398. The van der Waals surface area contributed by atoms with Gasteiger partial charge in [0.05, 0.1) is 6.20 Å². The summed E-state index contributed by atoms with van der Waals surface area (Å²) >= 11 is 0.